The summed E-state index contributed by atoms with van der Waals surface area (Å²) in [7, 11) is 1.48. The number of benzene rings is 2. The Kier molecular flexibility index (Phi) is 5.80. The molecule has 0 aliphatic rings. The molecule has 7 heteroatoms. The van der Waals surface area contributed by atoms with Crippen molar-refractivity contribution in [2.45, 2.75) is 0 Å². The Balaban J connectivity index is 2.26. The highest BCUT2D eigenvalue weighted by molar-refractivity contribution is 14.1. The van der Waals surface area contributed by atoms with Crippen molar-refractivity contribution >= 4 is 40.5 Å². The Bertz CT molecular complexity index is 745. The third-order valence-electron chi connectivity index (χ3n) is 2.78. The van der Waals surface area contributed by atoms with Crippen LogP contribution in [0.3, 0.4) is 0 Å². The first-order valence-corrected chi connectivity index (χ1v) is 7.62. The summed E-state index contributed by atoms with van der Waals surface area (Å²) in [5.41, 5.74) is 1.38. The Morgan fingerprint density at radius 3 is 2.78 bits per heavy atom. The third kappa shape index (κ3) is 4.85. The number of carboxylic acid groups (broad SMARTS) is 1. The molecule has 0 amide bonds. The molecule has 0 spiro atoms. The van der Waals surface area contributed by atoms with Crippen LogP contribution in [0, 0.1) is 3.57 Å². The number of methoxy groups -OCH3 is 1. The number of ether oxygens (including phenoxy) is 2. The van der Waals surface area contributed by atoms with Crippen LogP contribution < -0.4 is 9.47 Å². The maximum atomic E-state index is 10.6. The number of phenolic OH excluding ortho intramolecular Hbond substituents is 1. The van der Waals surface area contributed by atoms with Gasteiger partial charge in [-0.2, -0.15) is 0 Å². The standard InChI is InChI=1S/C16H14INO5/c1-22-14-6-10(5-13(17)16(14)23-9-15(20)21)8-18-11-3-2-4-12(19)7-11/h2-8,19H,9H2,1H3,(H,20,21). The zero-order valence-electron chi connectivity index (χ0n) is 12.2. The second-order valence-corrected chi connectivity index (χ2v) is 5.66. The van der Waals surface area contributed by atoms with E-state index in [4.69, 9.17) is 14.6 Å². The van der Waals surface area contributed by atoms with Gasteiger partial charge in [0.05, 0.1) is 16.4 Å². The van der Waals surface area contributed by atoms with Gasteiger partial charge in [0.2, 0.25) is 0 Å². The number of hydrogen-bond acceptors (Lipinski definition) is 5. The van der Waals surface area contributed by atoms with Gasteiger partial charge in [0.25, 0.3) is 0 Å². The summed E-state index contributed by atoms with van der Waals surface area (Å²) < 4.78 is 11.2. The molecule has 0 atom stereocenters. The van der Waals surface area contributed by atoms with E-state index in [1.54, 1.807) is 42.6 Å². The number of aliphatic imine (C=N–C) groups is 1. The molecule has 23 heavy (non-hydrogen) atoms. The second-order valence-electron chi connectivity index (χ2n) is 4.49. The molecule has 0 unspecified atom stereocenters. The van der Waals surface area contributed by atoms with E-state index >= 15 is 0 Å². The van der Waals surface area contributed by atoms with Crippen molar-refractivity contribution in [1.29, 1.82) is 0 Å². The number of carboxylic acids is 1. The van der Waals surface area contributed by atoms with Gasteiger partial charge in [-0.3, -0.25) is 4.99 Å². The molecule has 0 aromatic heterocycles. The number of hydrogen-bond donors (Lipinski definition) is 2. The average molecular weight is 427 g/mol. The predicted molar refractivity (Wildman–Crippen MR) is 94.2 cm³/mol. The summed E-state index contributed by atoms with van der Waals surface area (Å²) >= 11 is 2.04. The van der Waals surface area contributed by atoms with E-state index in [2.05, 4.69) is 4.99 Å². The number of rotatable bonds is 6. The van der Waals surface area contributed by atoms with Crippen molar-refractivity contribution in [3.8, 4) is 17.2 Å². The molecule has 0 aliphatic heterocycles. The van der Waals surface area contributed by atoms with E-state index in [-0.39, 0.29) is 5.75 Å². The molecule has 2 rings (SSSR count). The van der Waals surface area contributed by atoms with Gasteiger partial charge in [-0.05, 0) is 52.4 Å². The Hall–Kier alpha value is -2.29. The summed E-state index contributed by atoms with van der Waals surface area (Å²) in [5, 5.41) is 18.1. The zero-order valence-corrected chi connectivity index (χ0v) is 14.4. The van der Waals surface area contributed by atoms with E-state index in [1.807, 2.05) is 22.6 Å². The molecular formula is C16H14INO5. The lowest BCUT2D eigenvalue weighted by atomic mass is 10.2. The van der Waals surface area contributed by atoms with E-state index in [9.17, 15) is 9.90 Å². The first-order chi connectivity index (χ1) is 11.0. The maximum Gasteiger partial charge on any atom is 0.341 e. The molecule has 0 saturated heterocycles. The molecule has 6 nitrogen and oxygen atoms in total. The SMILES string of the molecule is COc1cc(C=Nc2cccc(O)c2)cc(I)c1OCC(=O)O. The van der Waals surface area contributed by atoms with Crippen LogP contribution in [0.25, 0.3) is 0 Å². The van der Waals surface area contributed by atoms with Crippen LogP contribution in [0.5, 0.6) is 17.2 Å². The van der Waals surface area contributed by atoms with Gasteiger partial charge in [-0.1, -0.05) is 6.07 Å². The Morgan fingerprint density at radius 2 is 2.13 bits per heavy atom. The lowest BCUT2D eigenvalue weighted by Crippen LogP contribution is -2.11. The van der Waals surface area contributed by atoms with Gasteiger partial charge in [-0.25, -0.2) is 4.79 Å². The molecular weight excluding hydrogens is 413 g/mol. The van der Waals surface area contributed by atoms with Crippen LogP contribution in [-0.4, -0.2) is 36.1 Å². The highest BCUT2D eigenvalue weighted by Gasteiger charge is 2.12. The minimum Gasteiger partial charge on any atom is -0.508 e. The van der Waals surface area contributed by atoms with Gasteiger partial charge in [0, 0.05) is 12.3 Å². The first kappa shape index (κ1) is 17.1. The summed E-state index contributed by atoms with van der Waals surface area (Å²) in [6.45, 7) is -0.441. The minimum absolute atomic E-state index is 0.143. The van der Waals surface area contributed by atoms with Crippen molar-refractivity contribution in [1.82, 2.24) is 0 Å². The fourth-order valence-electron chi connectivity index (χ4n) is 1.81. The molecule has 120 valence electrons. The number of phenols is 1. The lowest BCUT2D eigenvalue weighted by molar-refractivity contribution is -0.139. The molecule has 0 heterocycles. The summed E-state index contributed by atoms with van der Waals surface area (Å²) in [6.07, 6.45) is 1.63. The fraction of sp³-hybridized carbons (Fsp3) is 0.125. The van der Waals surface area contributed by atoms with Gasteiger partial charge in [-0.15, -0.1) is 0 Å². The van der Waals surface area contributed by atoms with Crippen LogP contribution in [0.1, 0.15) is 5.56 Å². The van der Waals surface area contributed by atoms with Gasteiger partial charge >= 0.3 is 5.97 Å². The topological polar surface area (TPSA) is 88.4 Å². The van der Waals surface area contributed by atoms with Crippen molar-refractivity contribution in [3.05, 3.63) is 45.5 Å². The summed E-state index contributed by atoms with van der Waals surface area (Å²) in [5.74, 6) is -0.109. The molecule has 2 N–H and O–H groups in total. The fourth-order valence-corrected chi connectivity index (χ4v) is 2.59. The van der Waals surface area contributed by atoms with Gasteiger partial charge in [0.1, 0.15) is 5.75 Å². The van der Waals surface area contributed by atoms with Crippen LogP contribution in [0.4, 0.5) is 5.69 Å². The van der Waals surface area contributed by atoms with Crippen LogP contribution in [-0.2, 0) is 4.79 Å². The quantitative estimate of drug-likeness (QED) is 0.546. The first-order valence-electron chi connectivity index (χ1n) is 6.55. The van der Waals surface area contributed by atoms with E-state index < -0.39 is 12.6 Å². The smallest absolute Gasteiger partial charge is 0.341 e. The highest BCUT2D eigenvalue weighted by Crippen LogP contribution is 2.33. The molecule has 2 aromatic rings. The number of halogens is 1. The average Bonchev–Trinajstić information content (AvgIpc) is 2.51. The highest BCUT2D eigenvalue weighted by atomic mass is 127. The largest absolute Gasteiger partial charge is 0.508 e. The van der Waals surface area contributed by atoms with Crippen molar-refractivity contribution in [2.24, 2.45) is 4.99 Å². The summed E-state index contributed by atoms with van der Waals surface area (Å²) in [4.78, 5) is 14.9. The Morgan fingerprint density at radius 1 is 1.35 bits per heavy atom. The lowest BCUT2D eigenvalue weighted by Gasteiger charge is -2.12. The van der Waals surface area contributed by atoms with Gasteiger partial charge < -0.3 is 19.7 Å². The third-order valence-corrected chi connectivity index (χ3v) is 3.59. The maximum absolute atomic E-state index is 10.6. The molecule has 0 bridgehead atoms. The number of nitrogens with zero attached hydrogens (tertiary/aromatic N) is 1. The molecule has 0 aliphatic carbocycles. The number of aromatic hydroxyl groups is 1. The van der Waals surface area contributed by atoms with E-state index in [1.165, 1.54) is 7.11 Å². The summed E-state index contributed by atoms with van der Waals surface area (Å²) in [6, 6.07) is 10.1. The van der Waals surface area contributed by atoms with Crippen LogP contribution in [0.2, 0.25) is 0 Å². The number of aliphatic carboxylic acids is 1. The normalized spacial score (nSPS) is 10.7. The molecule has 0 fully saturated rings. The van der Waals surface area contributed by atoms with Crippen molar-refractivity contribution in [3.63, 3.8) is 0 Å². The van der Waals surface area contributed by atoms with E-state index in [0.29, 0.717) is 20.8 Å². The van der Waals surface area contributed by atoms with Gasteiger partial charge in [0.15, 0.2) is 18.1 Å². The molecule has 0 radical (unpaired) electrons. The van der Waals surface area contributed by atoms with Crippen molar-refractivity contribution in [2.75, 3.05) is 13.7 Å². The minimum atomic E-state index is -1.06. The van der Waals surface area contributed by atoms with Crippen molar-refractivity contribution < 1.29 is 24.5 Å². The monoisotopic (exact) mass is 427 g/mol. The Labute approximate surface area is 146 Å². The second kappa shape index (κ2) is 7.82. The molecule has 2 aromatic carbocycles. The number of carbonyl (C=O) groups is 1. The predicted octanol–water partition coefficient (Wildman–Crippen LogP) is 3.22. The zero-order chi connectivity index (χ0) is 16.8. The van der Waals surface area contributed by atoms with Crippen LogP contribution >= 0.6 is 22.6 Å². The van der Waals surface area contributed by atoms with Crippen LogP contribution in [0.15, 0.2) is 41.4 Å². The molecule has 0 saturated carbocycles. The van der Waals surface area contributed by atoms with E-state index in [0.717, 1.165) is 5.56 Å².